The van der Waals surface area contributed by atoms with Gasteiger partial charge in [0.15, 0.2) is 5.13 Å². The summed E-state index contributed by atoms with van der Waals surface area (Å²) in [5, 5.41) is 17.3. The second-order valence-corrected chi connectivity index (χ2v) is 8.58. The molecule has 0 aliphatic rings. The number of anilines is 1. The van der Waals surface area contributed by atoms with Crippen molar-refractivity contribution in [2.75, 3.05) is 18.2 Å². The van der Waals surface area contributed by atoms with Crippen LogP contribution in [0.3, 0.4) is 0 Å². The molecular formula is C18H17N3O4S3. The van der Waals surface area contributed by atoms with Crippen molar-refractivity contribution in [3.63, 3.8) is 0 Å². The van der Waals surface area contributed by atoms with Gasteiger partial charge >= 0.3 is 0 Å². The molecule has 0 unspecified atom stereocenters. The van der Waals surface area contributed by atoms with Gasteiger partial charge < -0.3 is 10.1 Å². The third-order valence-corrected chi connectivity index (χ3v) is 6.47. The van der Waals surface area contributed by atoms with E-state index in [0.29, 0.717) is 22.1 Å². The number of amides is 1. The molecule has 3 aromatic rings. The molecule has 3 rings (SSSR count). The number of hydrogen-bond acceptors (Lipinski definition) is 8. The summed E-state index contributed by atoms with van der Waals surface area (Å²) in [4.78, 5) is 28.6. The van der Waals surface area contributed by atoms with Gasteiger partial charge in [0.05, 0.1) is 28.0 Å². The number of nitrogens with zero attached hydrogens (tertiary/aromatic N) is 2. The number of benzene rings is 1. The molecule has 2 heterocycles. The molecule has 1 aromatic carbocycles. The summed E-state index contributed by atoms with van der Waals surface area (Å²) < 4.78 is 5.13. The van der Waals surface area contributed by atoms with E-state index in [1.807, 2.05) is 24.3 Å². The van der Waals surface area contributed by atoms with Crippen molar-refractivity contribution in [2.24, 2.45) is 0 Å². The molecule has 0 atom stereocenters. The highest BCUT2D eigenvalue weighted by atomic mass is 32.2. The lowest BCUT2D eigenvalue weighted by Gasteiger charge is -2.04. The van der Waals surface area contributed by atoms with Crippen LogP contribution in [-0.4, -0.2) is 28.7 Å². The zero-order valence-corrected chi connectivity index (χ0v) is 17.4. The van der Waals surface area contributed by atoms with Crippen LogP contribution >= 0.6 is 34.4 Å². The lowest BCUT2D eigenvalue weighted by Crippen LogP contribution is -2.11. The van der Waals surface area contributed by atoms with Gasteiger partial charge in [0, 0.05) is 22.8 Å². The third-order valence-electron chi connectivity index (χ3n) is 3.68. The lowest BCUT2D eigenvalue weighted by atomic mass is 10.3. The van der Waals surface area contributed by atoms with Crippen molar-refractivity contribution >= 4 is 51.2 Å². The molecule has 1 amide bonds. The quantitative estimate of drug-likeness (QED) is 0.212. The largest absolute Gasteiger partial charge is 0.497 e. The number of ether oxygens (including phenoxy) is 1. The maximum atomic E-state index is 12.1. The molecule has 10 heteroatoms. The van der Waals surface area contributed by atoms with Crippen LogP contribution in [-0.2, 0) is 4.79 Å². The van der Waals surface area contributed by atoms with E-state index in [4.69, 9.17) is 4.74 Å². The van der Waals surface area contributed by atoms with Gasteiger partial charge in [0.2, 0.25) is 5.91 Å². The average molecular weight is 436 g/mol. The van der Waals surface area contributed by atoms with Crippen molar-refractivity contribution in [3.05, 3.63) is 51.2 Å². The molecule has 28 heavy (non-hydrogen) atoms. The number of hydrogen-bond donors (Lipinski definition) is 1. The Kier molecular flexibility index (Phi) is 7.01. The summed E-state index contributed by atoms with van der Waals surface area (Å²) >= 11 is 4.26. The van der Waals surface area contributed by atoms with Gasteiger partial charge in [0.1, 0.15) is 5.75 Å². The van der Waals surface area contributed by atoms with E-state index in [-0.39, 0.29) is 11.6 Å². The Bertz CT molecular complexity index is 953. The van der Waals surface area contributed by atoms with Crippen LogP contribution in [0.4, 0.5) is 10.8 Å². The van der Waals surface area contributed by atoms with E-state index in [9.17, 15) is 14.9 Å². The first-order chi connectivity index (χ1) is 13.5. The fraction of sp³-hybridized carbons (Fsp3) is 0.222. The molecule has 0 saturated carbocycles. The first kappa shape index (κ1) is 20.3. The van der Waals surface area contributed by atoms with Crippen molar-refractivity contribution in [1.82, 2.24) is 4.98 Å². The molecule has 0 radical (unpaired) electrons. The topological polar surface area (TPSA) is 94.4 Å². The second-order valence-electron chi connectivity index (χ2n) is 5.64. The van der Waals surface area contributed by atoms with Gasteiger partial charge in [-0.2, -0.15) is 0 Å². The second kappa shape index (κ2) is 9.67. The monoisotopic (exact) mass is 435 g/mol. The number of thiazole rings is 1. The Morgan fingerprint density at radius 3 is 2.75 bits per heavy atom. The fourth-order valence-corrected chi connectivity index (χ4v) is 4.75. The molecule has 0 fully saturated rings. The highest BCUT2D eigenvalue weighted by molar-refractivity contribution is 7.99. The number of thiophene rings is 1. The Hall–Kier alpha value is -2.43. The molecule has 0 saturated heterocycles. The number of aromatic nitrogens is 1. The minimum atomic E-state index is -0.432. The molecule has 146 valence electrons. The lowest BCUT2D eigenvalue weighted by molar-refractivity contribution is -0.384. The van der Waals surface area contributed by atoms with E-state index in [2.05, 4.69) is 10.3 Å². The third kappa shape index (κ3) is 5.54. The van der Waals surface area contributed by atoms with E-state index >= 15 is 0 Å². The Morgan fingerprint density at radius 2 is 2.07 bits per heavy atom. The summed E-state index contributed by atoms with van der Waals surface area (Å²) in [7, 11) is 1.64. The molecule has 0 spiro atoms. The summed E-state index contributed by atoms with van der Waals surface area (Å²) in [5.74, 6) is 1.57. The molecule has 0 bridgehead atoms. The molecular weight excluding hydrogens is 418 g/mol. The average Bonchev–Trinajstić information content (AvgIpc) is 3.35. The number of nitrogens with one attached hydrogen (secondary N) is 1. The first-order valence-electron chi connectivity index (χ1n) is 8.30. The highest BCUT2D eigenvalue weighted by Gasteiger charge is 2.14. The number of methoxy groups -OCH3 is 1. The Balaban J connectivity index is 1.43. The van der Waals surface area contributed by atoms with Gasteiger partial charge in [0.25, 0.3) is 5.69 Å². The zero-order valence-electron chi connectivity index (χ0n) is 14.9. The van der Waals surface area contributed by atoms with Gasteiger partial charge in [-0.05, 0) is 36.4 Å². The van der Waals surface area contributed by atoms with Crippen molar-refractivity contribution in [2.45, 2.75) is 17.7 Å². The summed E-state index contributed by atoms with van der Waals surface area (Å²) in [6.45, 7) is 0. The van der Waals surface area contributed by atoms with Gasteiger partial charge in [-0.1, -0.05) is 0 Å². The van der Waals surface area contributed by atoms with Crippen LogP contribution < -0.4 is 10.1 Å². The van der Waals surface area contributed by atoms with Crippen molar-refractivity contribution < 1.29 is 14.5 Å². The van der Waals surface area contributed by atoms with Gasteiger partial charge in [-0.3, -0.25) is 14.9 Å². The minimum Gasteiger partial charge on any atom is -0.497 e. The smallest absolute Gasteiger partial charge is 0.280 e. The Morgan fingerprint density at radius 1 is 1.29 bits per heavy atom. The normalized spacial score (nSPS) is 10.6. The van der Waals surface area contributed by atoms with E-state index in [1.165, 1.54) is 34.1 Å². The summed E-state index contributed by atoms with van der Waals surface area (Å²) in [5.41, 5.74) is 0.682. The predicted molar refractivity (Wildman–Crippen MR) is 114 cm³/mol. The van der Waals surface area contributed by atoms with Gasteiger partial charge in [-0.25, -0.2) is 4.98 Å². The standard InChI is InChI=1S/C18H17N3O4S3/c1-25-13-4-6-14(7-5-13)26-8-2-3-17(22)20-18-19-15(11-28-18)16-9-12(10-27-16)21(23)24/h4-7,9-11H,2-3,8H2,1H3,(H,19,20,22). The van der Waals surface area contributed by atoms with Crippen molar-refractivity contribution in [3.8, 4) is 16.3 Å². The number of thioether (sulfide) groups is 1. The van der Waals surface area contributed by atoms with E-state index < -0.39 is 4.92 Å². The van der Waals surface area contributed by atoms with Crippen molar-refractivity contribution in [1.29, 1.82) is 0 Å². The summed E-state index contributed by atoms with van der Waals surface area (Å²) in [6.07, 6.45) is 1.15. The predicted octanol–water partition coefficient (Wildman–Crippen LogP) is 5.30. The maximum Gasteiger partial charge on any atom is 0.280 e. The van der Waals surface area contributed by atoms with E-state index in [1.54, 1.807) is 24.3 Å². The van der Waals surface area contributed by atoms with Crippen LogP contribution in [0.2, 0.25) is 0 Å². The number of rotatable bonds is 9. The van der Waals surface area contributed by atoms with Crippen LogP contribution in [0.5, 0.6) is 5.75 Å². The number of carbonyl (C=O) groups is 1. The van der Waals surface area contributed by atoms with Crippen LogP contribution in [0, 0.1) is 10.1 Å². The zero-order chi connectivity index (χ0) is 19.9. The highest BCUT2D eigenvalue weighted by Crippen LogP contribution is 2.33. The maximum absolute atomic E-state index is 12.1. The molecule has 0 aliphatic carbocycles. The van der Waals surface area contributed by atoms with Crippen LogP contribution in [0.25, 0.3) is 10.6 Å². The van der Waals surface area contributed by atoms with Crippen LogP contribution in [0.15, 0.2) is 46.0 Å². The first-order valence-corrected chi connectivity index (χ1v) is 11.0. The molecule has 2 aromatic heterocycles. The molecule has 7 nitrogen and oxygen atoms in total. The van der Waals surface area contributed by atoms with Gasteiger partial charge in [-0.15, -0.1) is 34.4 Å². The molecule has 0 aliphatic heterocycles. The fourth-order valence-electron chi connectivity index (χ4n) is 2.28. The summed E-state index contributed by atoms with van der Waals surface area (Å²) in [6, 6.07) is 9.31. The SMILES string of the molecule is COc1ccc(SCCCC(=O)Nc2nc(-c3cc([N+](=O)[O-])cs3)cs2)cc1. The number of nitro groups is 1. The van der Waals surface area contributed by atoms with Crippen LogP contribution in [0.1, 0.15) is 12.8 Å². The minimum absolute atomic E-state index is 0.0490. The Labute approximate surface area is 173 Å². The van der Waals surface area contributed by atoms with E-state index in [0.717, 1.165) is 22.8 Å². The number of carbonyl (C=O) groups excluding carboxylic acids is 1. The molecule has 1 N–H and O–H groups in total.